The van der Waals surface area contributed by atoms with Crippen molar-refractivity contribution in [3.8, 4) is 5.75 Å². The zero-order chi connectivity index (χ0) is 19.0. The van der Waals surface area contributed by atoms with E-state index in [-0.39, 0.29) is 22.7 Å². The molecule has 5 rings (SSSR count). The lowest BCUT2D eigenvalue weighted by Crippen LogP contribution is -2.66. The second-order valence-electron chi connectivity index (χ2n) is 8.78. The predicted molar refractivity (Wildman–Crippen MR) is 96.8 cm³/mol. The number of nitrogens with zero attached hydrogens (tertiary/aromatic N) is 3. The molecule has 2 fully saturated rings. The highest BCUT2D eigenvalue weighted by molar-refractivity contribution is 5.99. The number of ether oxygens (including phenoxy) is 1. The van der Waals surface area contributed by atoms with Crippen LogP contribution in [0, 0.1) is 11.3 Å². The molecule has 3 aliphatic rings. The summed E-state index contributed by atoms with van der Waals surface area (Å²) >= 11 is 0. The van der Waals surface area contributed by atoms with Gasteiger partial charge in [-0.05, 0) is 55.6 Å². The zero-order valence-corrected chi connectivity index (χ0v) is 15.5. The molecule has 0 saturated heterocycles. The summed E-state index contributed by atoms with van der Waals surface area (Å²) < 4.78 is 31.7. The molecule has 0 atom stereocenters. The molecule has 0 N–H and O–H groups in total. The van der Waals surface area contributed by atoms with Crippen molar-refractivity contribution >= 4 is 22.9 Å². The van der Waals surface area contributed by atoms with Gasteiger partial charge in [0.15, 0.2) is 0 Å². The Morgan fingerprint density at radius 1 is 1.37 bits per heavy atom. The van der Waals surface area contributed by atoms with Crippen molar-refractivity contribution in [2.45, 2.75) is 64.6 Å². The number of hydrogen-bond donors (Lipinski definition) is 0. The van der Waals surface area contributed by atoms with Crippen LogP contribution in [0.2, 0.25) is 0 Å². The normalized spacial score (nSPS) is 20.6. The third-order valence-corrected chi connectivity index (χ3v) is 6.56. The number of halogens is 2. The number of aromatic nitrogens is 2. The van der Waals surface area contributed by atoms with Crippen molar-refractivity contribution in [1.82, 2.24) is 9.55 Å². The summed E-state index contributed by atoms with van der Waals surface area (Å²) in [7, 11) is 0. The Kier molecular flexibility index (Phi) is 3.41. The Morgan fingerprint density at radius 2 is 2.11 bits per heavy atom. The van der Waals surface area contributed by atoms with Gasteiger partial charge in [0.2, 0.25) is 11.9 Å². The van der Waals surface area contributed by atoms with Gasteiger partial charge in [0.1, 0.15) is 11.4 Å². The fourth-order valence-corrected chi connectivity index (χ4v) is 4.78. The van der Waals surface area contributed by atoms with E-state index in [4.69, 9.17) is 0 Å². The van der Waals surface area contributed by atoms with E-state index in [1.807, 2.05) is 9.47 Å². The fourth-order valence-electron chi connectivity index (χ4n) is 4.78. The Morgan fingerprint density at radius 3 is 2.70 bits per heavy atom. The minimum absolute atomic E-state index is 0.00668. The fraction of sp³-hybridized carbons (Fsp3) is 0.600. The van der Waals surface area contributed by atoms with Crippen LogP contribution in [0.1, 0.15) is 52.4 Å². The van der Waals surface area contributed by atoms with Gasteiger partial charge in [0.25, 0.3) is 0 Å². The highest BCUT2D eigenvalue weighted by Gasteiger charge is 2.58. The monoisotopic (exact) mass is 375 g/mol. The highest BCUT2D eigenvalue weighted by Crippen LogP contribution is 2.56. The van der Waals surface area contributed by atoms with Gasteiger partial charge in [-0.2, -0.15) is 8.78 Å². The molecule has 1 aromatic carbocycles. The van der Waals surface area contributed by atoms with Gasteiger partial charge in [-0.15, -0.1) is 0 Å². The lowest BCUT2D eigenvalue weighted by Gasteiger charge is -2.58. The quantitative estimate of drug-likeness (QED) is 0.764. The second-order valence-corrected chi connectivity index (χ2v) is 8.78. The maximum Gasteiger partial charge on any atom is 0.387 e. The molecule has 144 valence electrons. The summed E-state index contributed by atoms with van der Waals surface area (Å²) in [4.78, 5) is 19.7. The SMILES string of the molecule is CC(C)(CC(=O)N1c2nc3ccc(OC(F)F)cc3n2C12CCC2)C1CC1. The van der Waals surface area contributed by atoms with Gasteiger partial charge in [-0.1, -0.05) is 13.8 Å². The number of fused-ring (bicyclic) bond motifs is 4. The molecule has 5 nitrogen and oxygen atoms in total. The van der Waals surface area contributed by atoms with E-state index in [2.05, 4.69) is 23.6 Å². The van der Waals surface area contributed by atoms with Gasteiger partial charge in [-0.3, -0.25) is 14.3 Å². The van der Waals surface area contributed by atoms with E-state index in [0.29, 0.717) is 23.8 Å². The van der Waals surface area contributed by atoms with E-state index >= 15 is 0 Å². The van der Waals surface area contributed by atoms with Gasteiger partial charge < -0.3 is 4.74 Å². The van der Waals surface area contributed by atoms with Gasteiger partial charge in [-0.25, -0.2) is 4.98 Å². The van der Waals surface area contributed by atoms with Gasteiger partial charge in [0, 0.05) is 12.5 Å². The largest absolute Gasteiger partial charge is 0.435 e. The van der Waals surface area contributed by atoms with Crippen LogP contribution in [0.15, 0.2) is 18.2 Å². The molecule has 2 aromatic rings. The van der Waals surface area contributed by atoms with Crippen molar-refractivity contribution in [3.05, 3.63) is 18.2 Å². The molecule has 2 heterocycles. The van der Waals surface area contributed by atoms with Crippen LogP contribution >= 0.6 is 0 Å². The molecular weight excluding hydrogens is 352 g/mol. The molecule has 27 heavy (non-hydrogen) atoms. The lowest BCUT2D eigenvalue weighted by atomic mass is 9.78. The average Bonchev–Trinajstić information content (AvgIpc) is 3.31. The molecule has 1 aliphatic heterocycles. The number of benzene rings is 1. The first kappa shape index (κ1) is 17.0. The van der Waals surface area contributed by atoms with Gasteiger partial charge >= 0.3 is 6.61 Å². The number of carbonyl (C=O) groups is 1. The smallest absolute Gasteiger partial charge is 0.387 e. The van der Waals surface area contributed by atoms with E-state index < -0.39 is 6.61 Å². The van der Waals surface area contributed by atoms with Crippen LogP contribution < -0.4 is 9.64 Å². The van der Waals surface area contributed by atoms with Crippen LogP contribution in [0.25, 0.3) is 11.0 Å². The summed E-state index contributed by atoms with van der Waals surface area (Å²) in [5.74, 6) is 1.51. The molecule has 1 spiro atoms. The first-order chi connectivity index (χ1) is 12.8. The topological polar surface area (TPSA) is 47.4 Å². The first-order valence-electron chi connectivity index (χ1n) is 9.63. The van der Waals surface area contributed by atoms with Gasteiger partial charge in [0.05, 0.1) is 11.0 Å². The minimum atomic E-state index is -2.86. The number of rotatable bonds is 5. The molecule has 0 bridgehead atoms. The van der Waals surface area contributed by atoms with Crippen molar-refractivity contribution in [3.63, 3.8) is 0 Å². The van der Waals surface area contributed by atoms with E-state index in [1.165, 1.54) is 18.9 Å². The van der Waals surface area contributed by atoms with E-state index in [0.717, 1.165) is 24.8 Å². The lowest BCUT2D eigenvalue weighted by molar-refractivity contribution is -0.126. The summed E-state index contributed by atoms with van der Waals surface area (Å²) in [6.45, 7) is 1.49. The third-order valence-electron chi connectivity index (χ3n) is 6.56. The van der Waals surface area contributed by atoms with Crippen LogP contribution in [-0.2, 0) is 10.5 Å². The Balaban J connectivity index is 1.51. The maximum absolute atomic E-state index is 13.2. The summed E-state index contributed by atoms with van der Waals surface area (Å²) in [5.41, 5.74) is 1.10. The number of carbonyl (C=O) groups excluding carboxylic acids is 1. The molecule has 7 heteroatoms. The Hall–Kier alpha value is -2.18. The molecule has 1 aromatic heterocycles. The number of imidazole rings is 1. The molecule has 1 amide bonds. The minimum Gasteiger partial charge on any atom is -0.435 e. The highest BCUT2D eigenvalue weighted by atomic mass is 19.3. The van der Waals surface area contributed by atoms with Crippen molar-refractivity contribution < 1.29 is 18.3 Å². The maximum atomic E-state index is 13.2. The number of hydrogen-bond acceptors (Lipinski definition) is 3. The van der Waals surface area contributed by atoms with E-state index in [9.17, 15) is 13.6 Å². The summed E-state index contributed by atoms with van der Waals surface area (Å²) in [6.07, 6.45) is 5.72. The molecular formula is C20H23F2N3O2. The van der Waals surface area contributed by atoms with Crippen LogP contribution in [-0.4, -0.2) is 22.1 Å². The zero-order valence-electron chi connectivity index (χ0n) is 15.5. The Bertz CT molecular complexity index is 929. The molecule has 2 saturated carbocycles. The van der Waals surface area contributed by atoms with Crippen LogP contribution in [0.3, 0.4) is 0 Å². The second kappa shape index (κ2) is 5.42. The Labute approximate surface area is 156 Å². The third kappa shape index (κ3) is 2.39. The van der Waals surface area contributed by atoms with Crippen molar-refractivity contribution in [1.29, 1.82) is 0 Å². The first-order valence-corrected chi connectivity index (χ1v) is 9.63. The molecule has 0 radical (unpaired) electrons. The molecule has 0 unspecified atom stereocenters. The average molecular weight is 375 g/mol. The summed E-state index contributed by atoms with van der Waals surface area (Å²) in [6, 6.07) is 4.78. The standard InChI is InChI=1S/C20H23F2N3O2/c1-19(2,12-4-5-12)11-16(26)25-18-23-14-7-6-13(27-17(21)22)10-15(14)24(18)20(25)8-3-9-20/h6-7,10,12,17H,3-5,8-9,11H2,1-2H3. The van der Waals surface area contributed by atoms with Crippen LogP contribution in [0.4, 0.5) is 14.7 Å². The number of amides is 1. The van der Waals surface area contributed by atoms with E-state index in [1.54, 1.807) is 12.1 Å². The number of anilines is 1. The number of alkyl halides is 2. The predicted octanol–water partition coefficient (Wildman–Crippen LogP) is 4.65. The molecule has 2 aliphatic carbocycles. The summed E-state index contributed by atoms with van der Waals surface area (Å²) in [5, 5.41) is 0. The van der Waals surface area contributed by atoms with Crippen molar-refractivity contribution in [2.24, 2.45) is 11.3 Å². The van der Waals surface area contributed by atoms with Crippen molar-refractivity contribution in [2.75, 3.05) is 4.90 Å². The van der Waals surface area contributed by atoms with Crippen LogP contribution in [0.5, 0.6) is 5.75 Å².